The zero-order valence-corrected chi connectivity index (χ0v) is 10.6. The molecule has 0 saturated heterocycles. The number of aromatic carboxylic acids is 1. The van der Waals surface area contributed by atoms with Crippen LogP contribution in [0.2, 0.25) is 0 Å². The summed E-state index contributed by atoms with van der Waals surface area (Å²) in [5.74, 6) is -0.648. The lowest BCUT2D eigenvalue weighted by Gasteiger charge is -2.17. The summed E-state index contributed by atoms with van der Waals surface area (Å²) in [6.07, 6.45) is 0. The fourth-order valence-electron chi connectivity index (χ4n) is 1.40. The van der Waals surface area contributed by atoms with Gasteiger partial charge in [-0.1, -0.05) is 12.1 Å². The standard InChI is InChI=1S/C13H19NO4/c1-13(2,17)9-14-7-8-18-11-6-4-3-5-10(11)12(15)16/h3-6,14,17H,7-9H2,1-2H3,(H,15,16). The highest BCUT2D eigenvalue weighted by Gasteiger charge is 2.12. The number of ether oxygens (including phenoxy) is 1. The van der Waals surface area contributed by atoms with Gasteiger partial charge < -0.3 is 20.3 Å². The first-order valence-corrected chi connectivity index (χ1v) is 5.78. The Hall–Kier alpha value is -1.59. The Kier molecular flexibility index (Phi) is 5.12. The molecule has 1 rings (SSSR count). The molecule has 1 aromatic carbocycles. The van der Waals surface area contributed by atoms with Crippen molar-refractivity contribution in [1.29, 1.82) is 0 Å². The van der Waals surface area contributed by atoms with Gasteiger partial charge in [-0.2, -0.15) is 0 Å². The van der Waals surface area contributed by atoms with E-state index in [0.717, 1.165) is 0 Å². The second-order valence-electron chi connectivity index (χ2n) is 4.64. The molecule has 100 valence electrons. The minimum Gasteiger partial charge on any atom is -0.491 e. The molecule has 0 amide bonds. The topological polar surface area (TPSA) is 78.8 Å². The molecule has 0 spiro atoms. The summed E-state index contributed by atoms with van der Waals surface area (Å²) in [7, 11) is 0. The maximum Gasteiger partial charge on any atom is 0.339 e. The summed E-state index contributed by atoms with van der Waals surface area (Å²) < 4.78 is 5.39. The number of para-hydroxylation sites is 1. The average molecular weight is 253 g/mol. The highest BCUT2D eigenvalue weighted by atomic mass is 16.5. The van der Waals surface area contributed by atoms with Crippen LogP contribution in [0.1, 0.15) is 24.2 Å². The number of rotatable bonds is 7. The fraction of sp³-hybridized carbons (Fsp3) is 0.462. The zero-order valence-electron chi connectivity index (χ0n) is 10.6. The van der Waals surface area contributed by atoms with Crippen LogP contribution in [0.3, 0.4) is 0 Å². The van der Waals surface area contributed by atoms with Crippen molar-refractivity contribution < 1.29 is 19.7 Å². The van der Waals surface area contributed by atoms with Crippen molar-refractivity contribution in [3.8, 4) is 5.75 Å². The molecule has 3 N–H and O–H groups in total. The molecule has 0 aliphatic carbocycles. The molecule has 0 saturated carbocycles. The van der Waals surface area contributed by atoms with Crippen molar-refractivity contribution in [3.05, 3.63) is 29.8 Å². The van der Waals surface area contributed by atoms with Crippen LogP contribution < -0.4 is 10.1 Å². The van der Waals surface area contributed by atoms with Gasteiger partial charge in [0.2, 0.25) is 0 Å². The van der Waals surface area contributed by atoms with Gasteiger partial charge in [-0.05, 0) is 26.0 Å². The Morgan fingerprint density at radius 3 is 2.67 bits per heavy atom. The first-order chi connectivity index (χ1) is 8.40. The lowest BCUT2D eigenvalue weighted by Crippen LogP contribution is -2.36. The lowest BCUT2D eigenvalue weighted by atomic mass is 10.1. The number of carboxylic acid groups (broad SMARTS) is 1. The van der Waals surface area contributed by atoms with Crippen molar-refractivity contribution >= 4 is 5.97 Å². The molecule has 0 aromatic heterocycles. The second-order valence-corrected chi connectivity index (χ2v) is 4.64. The van der Waals surface area contributed by atoms with E-state index < -0.39 is 11.6 Å². The lowest BCUT2D eigenvalue weighted by molar-refractivity contribution is 0.0692. The molecule has 18 heavy (non-hydrogen) atoms. The maximum atomic E-state index is 10.9. The number of hydrogen-bond donors (Lipinski definition) is 3. The minimum atomic E-state index is -1.00. The Morgan fingerprint density at radius 1 is 1.39 bits per heavy atom. The van der Waals surface area contributed by atoms with Gasteiger partial charge in [0, 0.05) is 13.1 Å². The first kappa shape index (κ1) is 14.5. The molecular formula is C13H19NO4. The predicted molar refractivity (Wildman–Crippen MR) is 68.1 cm³/mol. The predicted octanol–water partition coefficient (Wildman–Crippen LogP) is 1.12. The van der Waals surface area contributed by atoms with E-state index in [4.69, 9.17) is 9.84 Å². The van der Waals surface area contributed by atoms with Crippen LogP contribution in [0.4, 0.5) is 0 Å². The van der Waals surface area contributed by atoms with Gasteiger partial charge in [0.1, 0.15) is 17.9 Å². The Labute approximate surface area is 106 Å². The molecule has 0 bridgehead atoms. The molecule has 0 atom stereocenters. The summed E-state index contributed by atoms with van der Waals surface area (Å²) in [5.41, 5.74) is -0.612. The van der Waals surface area contributed by atoms with Gasteiger partial charge in [0.05, 0.1) is 5.60 Å². The Morgan fingerprint density at radius 2 is 2.06 bits per heavy atom. The third-order valence-electron chi connectivity index (χ3n) is 2.21. The van der Waals surface area contributed by atoms with Crippen molar-refractivity contribution in [3.63, 3.8) is 0 Å². The molecule has 0 aliphatic heterocycles. The summed E-state index contributed by atoms with van der Waals surface area (Å²) in [5, 5.41) is 21.4. The van der Waals surface area contributed by atoms with E-state index in [2.05, 4.69) is 5.32 Å². The molecule has 0 heterocycles. The second kappa shape index (κ2) is 6.37. The molecule has 5 heteroatoms. The third kappa shape index (κ3) is 5.16. The molecule has 0 radical (unpaired) electrons. The van der Waals surface area contributed by atoms with Gasteiger partial charge >= 0.3 is 5.97 Å². The molecule has 0 fully saturated rings. The molecule has 0 aliphatic rings. The average Bonchev–Trinajstić information content (AvgIpc) is 2.27. The van der Waals surface area contributed by atoms with Crippen molar-refractivity contribution in [1.82, 2.24) is 5.32 Å². The van der Waals surface area contributed by atoms with Crippen molar-refractivity contribution in [2.45, 2.75) is 19.4 Å². The van der Waals surface area contributed by atoms with Crippen LogP contribution >= 0.6 is 0 Å². The summed E-state index contributed by atoms with van der Waals surface area (Å²) in [4.78, 5) is 10.9. The van der Waals surface area contributed by atoms with Crippen LogP contribution in [0, 0.1) is 0 Å². The van der Waals surface area contributed by atoms with Crippen molar-refractivity contribution in [2.75, 3.05) is 19.7 Å². The minimum absolute atomic E-state index is 0.153. The van der Waals surface area contributed by atoms with E-state index in [1.165, 1.54) is 6.07 Å². The highest BCUT2D eigenvalue weighted by molar-refractivity contribution is 5.90. The van der Waals surface area contributed by atoms with Crippen LogP contribution in [-0.4, -0.2) is 41.5 Å². The van der Waals surface area contributed by atoms with Crippen LogP contribution in [0.15, 0.2) is 24.3 Å². The normalized spacial score (nSPS) is 11.3. The van der Waals surface area contributed by atoms with E-state index in [-0.39, 0.29) is 5.56 Å². The molecule has 0 unspecified atom stereocenters. The zero-order chi connectivity index (χ0) is 13.6. The van der Waals surface area contributed by atoms with Gasteiger partial charge in [0.25, 0.3) is 0 Å². The van der Waals surface area contributed by atoms with E-state index >= 15 is 0 Å². The highest BCUT2D eigenvalue weighted by Crippen LogP contribution is 2.17. The number of carbonyl (C=O) groups is 1. The summed E-state index contributed by atoms with van der Waals surface area (Å²) in [6.45, 7) is 4.76. The van der Waals surface area contributed by atoms with Crippen LogP contribution in [0.5, 0.6) is 5.75 Å². The number of nitrogens with one attached hydrogen (secondary N) is 1. The Balaban J connectivity index is 2.38. The molecular weight excluding hydrogens is 234 g/mol. The van der Waals surface area contributed by atoms with E-state index in [0.29, 0.717) is 25.4 Å². The number of hydrogen-bond acceptors (Lipinski definition) is 4. The monoisotopic (exact) mass is 253 g/mol. The SMILES string of the molecule is CC(C)(O)CNCCOc1ccccc1C(=O)O. The van der Waals surface area contributed by atoms with E-state index in [9.17, 15) is 9.90 Å². The van der Waals surface area contributed by atoms with Gasteiger partial charge in [-0.3, -0.25) is 0 Å². The molecule has 5 nitrogen and oxygen atoms in total. The van der Waals surface area contributed by atoms with Gasteiger partial charge in [-0.25, -0.2) is 4.79 Å². The largest absolute Gasteiger partial charge is 0.491 e. The molecule has 1 aromatic rings. The van der Waals surface area contributed by atoms with Crippen LogP contribution in [-0.2, 0) is 0 Å². The van der Waals surface area contributed by atoms with E-state index in [1.807, 2.05) is 0 Å². The summed E-state index contributed by atoms with van der Waals surface area (Å²) >= 11 is 0. The quantitative estimate of drug-likeness (QED) is 0.635. The van der Waals surface area contributed by atoms with Gasteiger partial charge in [-0.15, -0.1) is 0 Å². The fourth-order valence-corrected chi connectivity index (χ4v) is 1.40. The Bertz CT molecular complexity index is 398. The van der Waals surface area contributed by atoms with Gasteiger partial charge in [0.15, 0.2) is 0 Å². The number of aliphatic hydroxyl groups is 1. The third-order valence-corrected chi connectivity index (χ3v) is 2.21. The number of benzene rings is 1. The maximum absolute atomic E-state index is 10.9. The smallest absolute Gasteiger partial charge is 0.339 e. The summed E-state index contributed by atoms with van der Waals surface area (Å²) in [6, 6.07) is 6.51. The van der Waals surface area contributed by atoms with Crippen molar-refractivity contribution in [2.24, 2.45) is 0 Å². The first-order valence-electron chi connectivity index (χ1n) is 5.78. The van der Waals surface area contributed by atoms with E-state index in [1.54, 1.807) is 32.0 Å². The van der Waals surface area contributed by atoms with Crippen LogP contribution in [0.25, 0.3) is 0 Å². The number of carboxylic acids is 1.